The van der Waals surface area contributed by atoms with E-state index in [-0.39, 0.29) is 5.57 Å². The van der Waals surface area contributed by atoms with Crippen molar-refractivity contribution in [2.24, 2.45) is 0 Å². The Morgan fingerprint density at radius 3 is 2.53 bits per heavy atom. The fraction of sp³-hybridized carbons (Fsp3) is 0.692. The number of carbonyl (C=O) groups is 1. The quantitative estimate of drug-likeness (QED) is 0.290. The topological polar surface area (TPSA) is 62.1 Å². The summed E-state index contributed by atoms with van der Waals surface area (Å²) in [7, 11) is 1.27. The van der Waals surface area contributed by atoms with Crippen molar-refractivity contribution in [3.63, 3.8) is 0 Å². The molecular weight excluding hydrogens is 216 g/mol. The third-order valence-electron chi connectivity index (χ3n) is 2.45. The van der Waals surface area contributed by atoms with E-state index in [1.54, 1.807) is 6.07 Å². The number of rotatable bonds is 9. The Bertz CT molecular complexity index is 280. The second-order valence-electron chi connectivity index (χ2n) is 3.88. The molecule has 4 heteroatoms. The number of carbonyl (C=O) groups excluding carboxylic acids is 1. The fourth-order valence-electron chi connectivity index (χ4n) is 1.43. The molecule has 0 aliphatic rings. The number of nitriles is 1. The lowest BCUT2D eigenvalue weighted by atomic mass is 10.1. The average Bonchev–Trinajstić information content (AvgIpc) is 2.36. The predicted molar refractivity (Wildman–Crippen MR) is 67.1 cm³/mol. The smallest absolute Gasteiger partial charge is 0.350 e. The van der Waals surface area contributed by atoms with Crippen molar-refractivity contribution in [3.05, 3.63) is 11.8 Å². The molecule has 0 aliphatic heterocycles. The van der Waals surface area contributed by atoms with Crippen LogP contribution < -0.4 is 5.32 Å². The molecule has 0 fully saturated rings. The molecule has 0 bridgehead atoms. The number of hydrogen-bond acceptors (Lipinski definition) is 4. The molecular formula is C13H22N2O2. The molecule has 0 aromatic heterocycles. The van der Waals surface area contributed by atoms with E-state index in [4.69, 9.17) is 5.26 Å². The van der Waals surface area contributed by atoms with Crippen LogP contribution in [0.1, 0.15) is 45.4 Å². The Kier molecular flexibility index (Phi) is 10.0. The normalized spacial score (nSPS) is 10.8. The second-order valence-corrected chi connectivity index (χ2v) is 3.88. The molecule has 0 heterocycles. The van der Waals surface area contributed by atoms with Gasteiger partial charge in [0.2, 0.25) is 0 Å². The third kappa shape index (κ3) is 8.32. The Balaban J connectivity index is 3.58. The highest BCUT2D eigenvalue weighted by Crippen LogP contribution is 2.04. The Labute approximate surface area is 104 Å². The monoisotopic (exact) mass is 238 g/mol. The number of methoxy groups -OCH3 is 1. The van der Waals surface area contributed by atoms with E-state index < -0.39 is 5.97 Å². The first-order valence-corrected chi connectivity index (χ1v) is 6.18. The molecule has 0 aliphatic carbocycles. The summed E-state index contributed by atoms with van der Waals surface area (Å²) in [6, 6.07) is 1.80. The van der Waals surface area contributed by atoms with Gasteiger partial charge < -0.3 is 10.1 Å². The van der Waals surface area contributed by atoms with E-state index in [2.05, 4.69) is 17.0 Å². The minimum Gasteiger partial charge on any atom is -0.465 e. The van der Waals surface area contributed by atoms with Crippen molar-refractivity contribution in [3.8, 4) is 6.07 Å². The summed E-state index contributed by atoms with van der Waals surface area (Å²) in [5.41, 5.74) is 0.0125. The van der Waals surface area contributed by atoms with Gasteiger partial charge in [-0.25, -0.2) is 4.79 Å². The molecule has 96 valence electrons. The largest absolute Gasteiger partial charge is 0.465 e. The molecule has 0 radical (unpaired) electrons. The molecule has 0 spiro atoms. The first-order valence-electron chi connectivity index (χ1n) is 6.18. The summed E-state index contributed by atoms with van der Waals surface area (Å²) in [5, 5.41) is 11.6. The van der Waals surface area contributed by atoms with Gasteiger partial charge in [-0.2, -0.15) is 5.26 Å². The maximum Gasteiger partial charge on any atom is 0.350 e. The molecule has 0 aromatic rings. The van der Waals surface area contributed by atoms with Gasteiger partial charge in [0, 0.05) is 12.7 Å². The van der Waals surface area contributed by atoms with E-state index in [1.165, 1.54) is 45.4 Å². The van der Waals surface area contributed by atoms with Crippen LogP contribution in [-0.4, -0.2) is 19.6 Å². The number of ether oxygens (including phenoxy) is 1. The van der Waals surface area contributed by atoms with Gasteiger partial charge in [0.1, 0.15) is 6.07 Å². The summed E-state index contributed by atoms with van der Waals surface area (Å²) in [6.45, 7) is 2.98. The van der Waals surface area contributed by atoms with Gasteiger partial charge in [-0.1, -0.05) is 39.0 Å². The summed E-state index contributed by atoms with van der Waals surface area (Å²) in [6.07, 6.45) is 8.76. The minimum atomic E-state index is -0.594. The molecule has 4 nitrogen and oxygen atoms in total. The van der Waals surface area contributed by atoms with Gasteiger partial charge in [0.05, 0.1) is 7.11 Å². The van der Waals surface area contributed by atoms with Crippen LogP contribution in [0.3, 0.4) is 0 Å². The van der Waals surface area contributed by atoms with Crippen molar-refractivity contribution in [1.29, 1.82) is 5.26 Å². The van der Waals surface area contributed by atoms with Gasteiger partial charge >= 0.3 is 5.97 Å². The van der Waals surface area contributed by atoms with Crippen LogP contribution in [0.2, 0.25) is 0 Å². The zero-order valence-corrected chi connectivity index (χ0v) is 10.8. The minimum absolute atomic E-state index is 0.0125. The van der Waals surface area contributed by atoms with Crippen LogP contribution in [0, 0.1) is 11.3 Å². The molecule has 0 atom stereocenters. The highest BCUT2D eigenvalue weighted by molar-refractivity contribution is 5.92. The first kappa shape index (κ1) is 15.5. The van der Waals surface area contributed by atoms with E-state index in [1.807, 2.05) is 0 Å². The lowest BCUT2D eigenvalue weighted by Crippen LogP contribution is -2.12. The molecule has 17 heavy (non-hydrogen) atoms. The molecule has 1 N–H and O–H groups in total. The summed E-state index contributed by atoms with van der Waals surface area (Å²) in [4.78, 5) is 11.0. The van der Waals surface area contributed by atoms with Crippen LogP contribution >= 0.6 is 0 Å². The number of esters is 1. The molecule has 0 unspecified atom stereocenters. The van der Waals surface area contributed by atoms with Gasteiger partial charge in [-0.15, -0.1) is 0 Å². The Morgan fingerprint density at radius 2 is 1.94 bits per heavy atom. The maximum absolute atomic E-state index is 11.0. The van der Waals surface area contributed by atoms with Crippen molar-refractivity contribution in [2.75, 3.05) is 13.7 Å². The van der Waals surface area contributed by atoms with Crippen molar-refractivity contribution >= 4 is 5.97 Å². The van der Waals surface area contributed by atoms with Crippen LogP contribution in [-0.2, 0) is 9.53 Å². The number of nitrogens with one attached hydrogen (secondary N) is 1. The van der Waals surface area contributed by atoms with Crippen LogP contribution in [0.4, 0.5) is 0 Å². The van der Waals surface area contributed by atoms with Crippen molar-refractivity contribution < 1.29 is 9.53 Å². The molecule has 0 rings (SSSR count). The fourth-order valence-corrected chi connectivity index (χ4v) is 1.43. The van der Waals surface area contributed by atoms with Crippen LogP contribution in [0.25, 0.3) is 0 Å². The maximum atomic E-state index is 11.0. The van der Waals surface area contributed by atoms with Crippen molar-refractivity contribution in [1.82, 2.24) is 5.32 Å². The highest BCUT2D eigenvalue weighted by atomic mass is 16.5. The predicted octanol–water partition coefficient (Wildman–Crippen LogP) is 2.52. The number of nitrogens with zero attached hydrogens (tertiary/aromatic N) is 1. The zero-order valence-electron chi connectivity index (χ0n) is 10.8. The summed E-state index contributed by atoms with van der Waals surface area (Å²) in [5.74, 6) is -0.594. The van der Waals surface area contributed by atoms with Gasteiger partial charge in [0.15, 0.2) is 5.57 Å². The molecule has 0 aromatic carbocycles. The van der Waals surface area contributed by atoms with Gasteiger partial charge in [0.25, 0.3) is 0 Å². The third-order valence-corrected chi connectivity index (χ3v) is 2.45. The number of unbranched alkanes of at least 4 members (excludes halogenated alkanes) is 5. The van der Waals surface area contributed by atoms with E-state index >= 15 is 0 Å². The second kappa shape index (κ2) is 11.0. The Morgan fingerprint density at radius 1 is 1.29 bits per heavy atom. The summed E-state index contributed by atoms with van der Waals surface area (Å²) >= 11 is 0. The average molecular weight is 238 g/mol. The van der Waals surface area contributed by atoms with E-state index in [0.29, 0.717) is 0 Å². The van der Waals surface area contributed by atoms with E-state index in [0.717, 1.165) is 13.0 Å². The lowest BCUT2D eigenvalue weighted by molar-refractivity contribution is -0.135. The zero-order chi connectivity index (χ0) is 12.9. The first-order chi connectivity index (χ1) is 8.26. The number of hydrogen-bond donors (Lipinski definition) is 1. The molecule has 0 saturated carbocycles. The SMILES string of the molecule is CCCCCCCCN/C=C(\C#N)C(=O)OC. The van der Waals surface area contributed by atoms with Gasteiger partial charge in [-0.3, -0.25) is 0 Å². The van der Waals surface area contributed by atoms with Crippen LogP contribution in [0.15, 0.2) is 11.8 Å². The highest BCUT2D eigenvalue weighted by Gasteiger charge is 2.06. The molecule has 0 amide bonds. The van der Waals surface area contributed by atoms with E-state index in [9.17, 15) is 4.79 Å². The van der Waals surface area contributed by atoms with Crippen LogP contribution in [0.5, 0.6) is 0 Å². The molecule has 0 saturated heterocycles. The summed E-state index contributed by atoms with van der Waals surface area (Å²) < 4.78 is 4.46. The lowest BCUT2D eigenvalue weighted by Gasteiger charge is -2.02. The van der Waals surface area contributed by atoms with Crippen molar-refractivity contribution in [2.45, 2.75) is 45.4 Å². The standard InChI is InChI=1S/C13H22N2O2/c1-3-4-5-6-7-8-9-15-11-12(10-14)13(16)17-2/h11,15H,3-9H2,1-2H3/b12-11+. The Hall–Kier alpha value is -1.50. The van der Waals surface area contributed by atoms with Gasteiger partial charge in [-0.05, 0) is 6.42 Å².